The number of piperidine rings is 1. The summed E-state index contributed by atoms with van der Waals surface area (Å²) in [6, 6.07) is 7.64. The van der Waals surface area contributed by atoms with Gasteiger partial charge in [-0.2, -0.15) is 0 Å². The van der Waals surface area contributed by atoms with E-state index >= 15 is 0 Å². The summed E-state index contributed by atoms with van der Waals surface area (Å²) >= 11 is 0. The predicted molar refractivity (Wildman–Crippen MR) is 104 cm³/mol. The van der Waals surface area contributed by atoms with Crippen LogP contribution in [0.5, 0.6) is 5.75 Å². The number of likely N-dealkylation sites (tertiary alicyclic amines) is 1. The SMILES string of the molecule is COc1ccc(CN2CCCC(N(C)c3ccnc(C4CC4)n3)C2)cc1F. The number of rotatable bonds is 6. The Labute approximate surface area is 160 Å². The summed E-state index contributed by atoms with van der Waals surface area (Å²) in [6.45, 7) is 2.74. The van der Waals surface area contributed by atoms with E-state index in [0.29, 0.717) is 17.7 Å². The number of aromatic nitrogens is 2. The van der Waals surface area contributed by atoms with Crippen molar-refractivity contribution in [2.24, 2.45) is 0 Å². The van der Waals surface area contributed by atoms with Gasteiger partial charge in [0.2, 0.25) is 0 Å². The van der Waals surface area contributed by atoms with Crippen LogP contribution in [-0.2, 0) is 6.54 Å². The van der Waals surface area contributed by atoms with E-state index in [1.807, 2.05) is 18.3 Å². The molecule has 5 nitrogen and oxygen atoms in total. The van der Waals surface area contributed by atoms with Gasteiger partial charge in [-0.25, -0.2) is 14.4 Å². The molecule has 2 fully saturated rings. The first-order valence-electron chi connectivity index (χ1n) is 9.74. The van der Waals surface area contributed by atoms with Gasteiger partial charge in [0, 0.05) is 38.3 Å². The fourth-order valence-corrected chi connectivity index (χ4v) is 3.84. The van der Waals surface area contributed by atoms with E-state index in [0.717, 1.165) is 49.7 Å². The van der Waals surface area contributed by atoms with Crippen LogP contribution in [0.1, 0.15) is 43.0 Å². The summed E-state index contributed by atoms with van der Waals surface area (Å²) in [6.07, 6.45) is 6.58. The molecule has 0 bridgehead atoms. The van der Waals surface area contributed by atoms with Gasteiger partial charge in [0.1, 0.15) is 11.6 Å². The Morgan fingerprint density at radius 2 is 2.11 bits per heavy atom. The Balaban J connectivity index is 1.41. The molecular formula is C21H27FN4O. The number of likely N-dealkylation sites (N-methyl/N-ethyl adjacent to an activating group) is 1. The first-order chi connectivity index (χ1) is 13.1. The molecule has 4 rings (SSSR count). The highest BCUT2D eigenvalue weighted by Gasteiger charge is 2.28. The van der Waals surface area contributed by atoms with Crippen LogP contribution in [-0.4, -0.2) is 48.2 Å². The van der Waals surface area contributed by atoms with Gasteiger partial charge in [-0.3, -0.25) is 4.90 Å². The van der Waals surface area contributed by atoms with Gasteiger partial charge in [-0.1, -0.05) is 6.07 Å². The van der Waals surface area contributed by atoms with Gasteiger partial charge < -0.3 is 9.64 Å². The van der Waals surface area contributed by atoms with Crippen molar-refractivity contribution in [3.63, 3.8) is 0 Å². The minimum atomic E-state index is -0.297. The molecule has 1 atom stereocenters. The normalized spacial score (nSPS) is 20.5. The summed E-state index contributed by atoms with van der Waals surface area (Å²) in [5.74, 6) is 2.56. The third kappa shape index (κ3) is 4.21. The number of benzene rings is 1. The Kier molecular flexibility index (Phi) is 5.25. The monoisotopic (exact) mass is 370 g/mol. The highest BCUT2D eigenvalue weighted by Crippen LogP contribution is 2.38. The van der Waals surface area contributed by atoms with E-state index in [2.05, 4.69) is 21.8 Å². The molecule has 1 aromatic heterocycles. The molecule has 1 saturated heterocycles. The number of halogens is 1. The Morgan fingerprint density at radius 1 is 1.26 bits per heavy atom. The zero-order valence-corrected chi connectivity index (χ0v) is 16.1. The lowest BCUT2D eigenvalue weighted by atomic mass is 10.0. The number of methoxy groups -OCH3 is 1. The summed E-state index contributed by atoms with van der Waals surface area (Å²) in [4.78, 5) is 13.9. The van der Waals surface area contributed by atoms with Crippen molar-refractivity contribution in [1.82, 2.24) is 14.9 Å². The molecule has 1 unspecified atom stereocenters. The van der Waals surface area contributed by atoms with Gasteiger partial charge in [0.05, 0.1) is 7.11 Å². The molecule has 1 saturated carbocycles. The van der Waals surface area contributed by atoms with Crippen LogP contribution in [0, 0.1) is 5.82 Å². The molecule has 2 aliphatic rings. The fraction of sp³-hybridized carbons (Fsp3) is 0.524. The molecular weight excluding hydrogens is 343 g/mol. The van der Waals surface area contributed by atoms with Crippen LogP contribution in [0.4, 0.5) is 10.2 Å². The van der Waals surface area contributed by atoms with Gasteiger partial charge in [0.15, 0.2) is 11.6 Å². The largest absolute Gasteiger partial charge is 0.494 e. The maximum absolute atomic E-state index is 14.0. The highest BCUT2D eigenvalue weighted by molar-refractivity contribution is 5.39. The molecule has 1 aromatic carbocycles. The molecule has 144 valence electrons. The summed E-state index contributed by atoms with van der Waals surface area (Å²) in [5.41, 5.74) is 0.981. The zero-order chi connectivity index (χ0) is 18.8. The second kappa shape index (κ2) is 7.80. The van der Waals surface area contributed by atoms with Crippen LogP contribution >= 0.6 is 0 Å². The van der Waals surface area contributed by atoms with Gasteiger partial charge in [0.25, 0.3) is 0 Å². The average molecular weight is 370 g/mol. The highest BCUT2D eigenvalue weighted by atomic mass is 19.1. The Hall–Kier alpha value is -2.21. The number of hydrogen-bond donors (Lipinski definition) is 0. The molecule has 0 amide bonds. The molecule has 0 N–H and O–H groups in total. The van der Waals surface area contributed by atoms with Crippen LogP contribution < -0.4 is 9.64 Å². The van der Waals surface area contributed by atoms with Crippen LogP contribution in [0.3, 0.4) is 0 Å². The topological polar surface area (TPSA) is 41.5 Å². The van der Waals surface area contributed by atoms with Crippen LogP contribution in [0.2, 0.25) is 0 Å². The molecule has 2 aromatic rings. The van der Waals surface area contributed by atoms with Crippen molar-refractivity contribution >= 4 is 5.82 Å². The molecule has 2 heterocycles. The lowest BCUT2D eigenvalue weighted by Crippen LogP contribution is -2.46. The molecule has 1 aliphatic heterocycles. The number of ether oxygens (including phenoxy) is 1. The zero-order valence-electron chi connectivity index (χ0n) is 16.1. The van der Waals surface area contributed by atoms with Crippen LogP contribution in [0.15, 0.2) is 30.5 Å². The first-order valence-corrected chi connectivity index (χ1v) is 9.74. The lowest BCUT2D eigenvalue weighted by molar-refractivity contribution is 0.198. The molecule has 0 radical (unpaired) electrons. The van der Waals surface area contributed by atoms with Crippen molar-refractivity contribution in [2.45, 2.75) is 44.2 Å². The summed E-state index contributed by atoms with van der Waals surface area (Å²) in [7, 11) is 3.62. The van der Waals surface area contributed by atoms with Gasteiger partial charge >= 0.3 is 0 Å². The quantitative estimate of drug-likeness (QED) is 0.777. The van der Waals surface area contributed by atoms with Crippen molar-refractivity contribution < 1.29 is 9.13 Å². The minimum absolute atomic E-state index is 0.297. The molecule has 1 aliphatic carbocycles. The molecule has 27 heavy (non-hydrogen) atoms. The standard InChI is InChI=1S/C21H27FN4O/c1-25(20-9-10-23-21(24-20)16-6-7-16)17-4-3-11-26(14-17)13-15-5-8-19(27-2)18(22)12-15/h5,8-10,12,16-17H,3-4,6-7,11,13-14H2,1-2H3. The fourth-order valence-electron chi connectivity index (χ4n) is 3.84. The first kappa shape index (κ1) is 18.2. The van der Waals surface area contributed by atoms with Crippen LogP contribution in [0.25, 0.3) is 0 Å². The van der Waals surface area contributed by atoms with E-state index in [-0.39, 0.29) is 5.82 Å². The van der Waals surface area contributed by atoms with E-state index in [4.69, 9.17) is 9.72 Å². The van der Waals surface area contributed by atoms with Gasteiger partial charge in [-0.05, 0) is 56.0 Å². The second-order valence-electron chi connectivity index (χ2n) is 7.66. The summed E-state index contributed by atoms with van der Waals surface area (Å²) in [5, 5.41) is 0. The second-order valence-corrected chi connectivity index (χ2v) is 7.66. The Bertz CT molecular complexity index is 796. The third-order valence-corrected chi connectivity index (χ3v) is 5.61. The van der Waals surface area contributed by atoms with Crippen molar-refractivity contribution in [3.05, 3.63) is 47.7 Å². The summed E-state index contributed by atoms with van der Waals surface area (Å²) < 4.78 is 19.0. The van der Waals surface area contributed by atoms with E-state index < -0.39 is 0 Å². The van der Waals surface area contributed by atoms with Crippen molar-refractivity contribution in [2.75, 3.05) is 32.1 Å². The molecule has 6 heteroatoms. The maximum atomic E-state index is 14.0. The smallest absolute Gasteiger partial charge is 0.165 e. The molecule has 0 spiro atoms. The third-order valence-electron chi connectivity index (χ3n) is 5.61. The van der Waals surface area contributed by atoms with E-state index in [1.54, 1.807) is 12.1 Å². The van der Waals surface area contributed by atoms with Crippen molar-refractivity contribution in [3.8, 4) is 5.75 Å². The van der Waals surface area contributed by atoms with Crippen molar-refractivity contribution in [1.29, 1.82) is 0 Å². The lowest BCUT2D eigenvalue weighted by Gasteiger charge is -2.38. The predicted octanol–water partition coefficient (Wildman–Crippen LogP) is 3.60. The maximum Gasteiger partial charge on any atom is 0.165 e. The Morgan fingerprint density at radius 3 is 2.85 bits per heavy atom. The van der Waals surface area contributed by atoms with Gasteiger partial charge in [-0.15, -0.1) is 0 Å². The number of anilines is 1. The number of nitrogens with zero attached hydrogens (tertiary/aromatic N) is 4. The average Bonchev–Trinajstić information content (AvgIpc) is 3.53. The van der Waals surface area contributed by atoms with E-state index in [1.165, 1.54) is 20.0 Å². The number of hydrogen-bond acceptors (Lipinski definition) is 5. The minimum Gasteiger partial charge on any atom is -0.494 e. The van der Waals surface area contributed by atoms with E-state index in [9.17, 15) is 4.39 Å².